The maximum Gasteiger partial charge on any atom is 0.260 e. The molecule has 2 amide bonds. The lowest BCUT2D eigenvalue weighted by molar-refractivity contribution is -0.136. The van der Waals surface area contributed by atoms with E-state index in [4.69, 9.17) is 16.3 Å². The molecule has 1 saturated heterocycles. The SMILES string of the molecule is Cc1cc(C)cc(OCC(=O)N2CCC(C(=O)Nc3cc(Cl)ccc3O)CC2)c1. The van der Waals surface area contributed by atoms with E-state index in [0.29, 0.717) is 42.4 Å². The van der Waals surface area contributed by atoms with Crippen LogP contribution in [-0.4, -0.2) is 41.5 Å². The van der Waals surface area contributed by atoms with Crippen LogP contribution in [0.2, 0.25) is 5.02 Å². The Kier molecular flexibility index (Phi) is 6.64. The first-order chi connectivity index (χ1) is 13.8. The number of hydrogen-bond acceptors (Lipinski definition) is 4. The summed E-state index contributed by atoms with van der Waals surface area (Å²) in [5, 5.41) is 13.0. The number of hydrogen-bond donors (Lipinski definition) is 2. The largest absolute Gasteiger partial charge is 0.506 e. The van der Waals surface area contributed by atoms with Gasteiger partial charge >= 0.3 is 0 Å². The lowest BCUT2D eigenvalue weighted by Gasteiger charge is -2.31. The summed E-state index contributed by atoms with van der Waals surface area (Å²) >= 11 is 5.91. The van der Waals surface area contributed by atoms with E-state index in [1.54, 1.807) is 11.0 Å². The number of rotatable bonds is 5. The van der Waals surface area contributed by atoms with E-state index in [-0.39, 0.29) is 30.1 Å². The van der Waals surface area contributed by atoms with Crippen molar-refractivity contribution in [3.63, 3.8) is 0 Å². The lowest BCUT2D eigenvalue weighted by atomic mass is 9.95. The van der Waals surface area contributed by atoms with Crippen LogP contribution in [0.25, 0.3) is 0 Å². The third kappa shape index (κ3) is 5.64. The Bertz CT molecular complexity index is 887. The van der Waals surface area contributed by atoms with E-state index < -0.39 is 0 Å². The van der Waals surface area contributed by atoms with E-state index in [1.807, 2.05) is 32.0 Å². The Balaban J connectivity index is 1.48. The van der Waals surface area contributed by atoms with Gasteiger partial charge in [0.1, 0.15) is 11.5 Å². The maximum atomic E-state index is 12.5. The van der Waals surface area contributed by atoms with E-state index >= 15 is 0 Å². The number of benzene rings is 2. The summed E-state index contributed by atoms with van der Waals surface area (Å²) in [5.41, 5.74) is 2.47. The minimum absolute atomic E-state index is 0.0177. The van der Waals surface area contributed by atoms with E-state index in [2.05, 4.69) is 5.32 Å². The highest BCUT2D eigenvalue weighted by molar-refractivity contribution is 6.31. The number of likely N-dealkylation sites (tertiary alicyclic amines) is 1. The van der Waals surface area contributed by atoms with Gasteiger partial charge in [0.2, 0.25) is 5.91 Å². The molecule has 0 spiro atoms. The molecular formula is C22H25ClN2O4. The predicted molar refractivity (Wildman–Crippen MR) is 112 cm³/mol. The Morgan fingerprint density at radius 1 is 1.14 bits per heavy atom. The van der Waals surface area contributed by atoms with Crippen molar-refractivity contribution in [2.45, 2.75) is 26.7 Å². The Morgan fingerprint density at radius 3 is 2.45 bits per heavy atom. The molecule has 0 bridgehead atoms. The lowest BCUT2D eigenvalue weighted by Crippen LogP contribution is -2.43. The molecule has 6 nitrogen and oxygen atoms in total. The van der Waals surface area contributed by atoms with E-state index in [1.165, 1.54) is 12.1 Å². The van der Waals surface area contributed by atoms with Crippen molar-refractivity contribution in [2.24, 2.45) is 5.92 Å². The zero-order valence-electron chi connectivity index (χ0n) is 16.6. The van der Waals surface area contributed by atoms with Crippen molar-refractivity contribution in [3.05, 3.63) is 52.5 Å². The highest BCUT2D eigenvalue weighted by atomic mass is 35.5. The van der Waals surface area contributed by atoms with Gasteiger partial charge in [0.15, 0.2) is 6.61 Å². The first kappa shape index (κ1) is 21.0. The van der Waals surface area contributed by atoms with Crippen molar-refractivity contribution in [3.8, 4) is 11.5 Å². The zero-order valence-corrected chi connectivity index (χ0v) is 17.3. The van der Waals surface area contributed by atoms with Gasteiger partial charge in [-0.2, -0.15) is 0 Å². The molecule has 0 atom stereocenters. The van der Waals surface area contributed by atoms with Crippen LogP contribution in [0.3, 0.4) is 0 Å². The van der Waals surface area contributed by atoms with Gasteiger partial charge in [0, 0.05) is 24.0 Å². The molecule has 3 rings (SSSR count). The number of ether oxygens (including phenoxy) is 1. The molecule has 0 saturated carbocycles. The molecule has 29 heavy (non-hydrogen) atoms. The van der Waals surface area contributed by atoms with Crippen LogP contribution in [0.5, 0.6) is 11.5 Å². The number of piperidine rings is 1. The second-order valence-corrected chi connectivity index (χ2v) is 7.85. The number of nitrogens with one attached hydrogen (secondary N) is 1. The van der Waals surface area contributed by atoms with Gasteiger partial charge in [-0.3, -0.25) is 9.59 Å². The van der Waals surface area contributed by atoms with Gasteiger partial charge in [-0.25, -0.2) is 0 Å². The quantitative estimate of drug-likeness (QED) is 0.724. The number of carbonyl (C=O) groups is 2. The number of phenolic OH excluding ortho intramolecular Hbond substituents is 1. The third-order valence-electron chi connectivity index (χ3n) is 4.99. The summed E-state index contributed by atoms with van der Waals surface area (Å²) in [4.78, 5) is 26.7. The number of amides is 2. The van der Waals surface area contributed by atoms with Crippen molar-refractivity contribution in [2.75, 3.05) is 25.0 Å². The topological polar surface area (TPSA) is 78.9 Å². The molecular weight excluding hydrogens is 392 g/mol. The highest BCUT2D eigenvalue weighted by Gasteiger charge is 2.28. The zero-order chi connectivity index (χ0) is 21.0. The first-order valence-electron chi connectivity index (χ1n) is 9.60. The standard InChI is InChI=1S/C22H25ClN2O4/c1-14-9-15(2)11-18(10-14)29-13-21(27)25-7-5-16(6-8-25)22(28)24-19-12-17(23)3-4-20(19)26/h3-4,9-12,16,26H,5-8,13H2,1-2H3,(H,24,28). The summed E-state index contributed by atoms with van der Waals surface area (Å²) < 4.78 is 5.65. The van der Waals surface area contributed by atoms with Gasteiger partial charge < -0.3 is 20.1 Å². The average Bonchev–Trinajstić information content (AvgIpc) is 2.68. The van der Waals surface area contributed by atoms with Crippen LogP contribution in [0, 0.1) is 19.8 Å². The molecule has 1 fully saturated rings. The number of anilines is 1. The summed E-state index contributed by atoms with van der Waals surface area (Å²) in [7, 11) is 0. The van der Waals surface area contributed by atoms with Gasteiger partial charge in [0.05, 0.1) is 5.69 Å². The van der Waals surface area contributed by atoms with Gasteiger partial charge in [-0.1, -0.05) is 17.7 Å². The number of phenols is 1. The Morgan fingerprint density at radius 2 is 1.79 bits per heavy atom. The Hall–Kier alpha value is -2.73. The van der Waals surface area contributed by atoms with Crippen molar-refractivity contribution in [1.29, 1.82) is 0 Å². The summed E-state index contributed by atoms with van der Waals surface area (Å²) in [6, 6.07) is 10.4. The first-order valence-corrected chi connectivity index (χ1v) is 9.98. The molecule has 2 N–H and O–H groups in total. The molecule has 1 heterocycles. The summed E-state index contributed by atoms with van der Waals surface area (Å²) in [5.74, 6) is 0.166. The van der Waals surface area contributed by atoms with Crippen LogP contribution < -0.4 is 10.1 Å². The minimum Gasteiger partial charge on any atom is -0.506 e. The van der Waals surface area contributed by atoms with Crippen molar-refractivity contribution < 1.29 is 19.4 Å². The average molecular weight is 417 g/mol. The van der Waals surface area contributed by atoms with Crippen LogP contribution in [0.15, 0.2) is 36.4 Å². The van der Waals surface area contributed by atoms with E-state index in [0.717, 1.165) is 11.1 Å². The smallest absolute Gasteiger partial charge is 0.260 e. The van der Waals surface area contributed by atoms with Gasteiger partial charge in [-0.15, -0.1) is 0 Å². The second-order valence-electron chi connectivity index (χ2n) is 7.42. The van der Waals surface area contributed by atoms with Crippen LogP contribution in [0.4, 0.5) is 5.69 Å². The normalized spacial score (nSPS) is 14.5. The highest BCUT2D eigenvalue weighted by Crippen LogP contribution is 2.28. The van der Waals surface area contributed by atoms with Crippen molar-refractivity contribution in [1.82, 2.24) is 4.90 Å². The van der Waals surface area contributed by atoms with Gasteiger partial charge in [-0.05, 0) is 68.1 Å². The third-order valence-corrected chi connectivity index (χ3v) is 5.23. The van der Waals surface area contributed by atoms with E-state index in [9.17, 15) is 14.7 Å². The molecule has 0 unspecified atom stereocenters. The number of carbonyl (C=O) groups excluding carboxylic acids is 2. The molecule has 154 valence electrons. The fourth-order valence-electron chi connectivity index (χ4n) is 3.49. The van der Waals surface area contributed by atoms with Crippen LogP contribution in [0.1, 0.15) is 24.0 Å². The summed E-state index contributed by atoms with van der Waals surface area (Å²) in [6.45, 7) is 4.95. The molecule has 0 radical (unpaired) electrons. The molecule has 1 aliphatic rings. The fraction of sp³-hybridized carbons (Fsp3) is 0.364. The molecule has 0 aliphatic carbocycles. The maximum absolute atomic E-state index is 12.5. The van der Waals surface area contributed by atoms with Gasteiger partial charge in [0.25, 0.3) is 5.91 Å². The number of aromatic hydroxyl groups is 1. The molecule has 0 aromatic heterocycles. The molecule has 2 aromatic rings. The fourth-order valence-corrected chi connectivity index (χ4v) is 3.66. The monoisotopic (exact) mass is 416 g/mol. The van der Waals surface area contributed by atoms with Crippen molar-refractivity contribution >= 4 is 29.1 Å². The number of nitrogens with zero attached hydrogens (tertiary/aromatic N) is 1. The van der Waals surface area contributed by atoms with Crippen LogP contribution in [-0.2, 0) is 9.59 Å². The Labute approximate surface area is 175 Å². The second kappa shape index (κ2) is 9.18. The molecule has 7 heteroatoms. The minimum atomic E-state index is -0.224. The van der Waals surface area contributed by atoms with Crippen LogP contribution >= 0.6 is 11.6 Å². The number of aryl methyl sites for hydroxylation is 2. The molecule has 1 aliphatic heterocycles. The predicted octanol–water partition coefficient (Wildman–Crippen LogP) is 3.92. The summed E-state index contributed by atoms with van der Waals surface area (Å²) in [6.07, 6.45) is 1.12. The molecule has 2 aromatic carbocycles. The number of halogens is 1.